The molecule has 6 nitrogen and oxygen atoms in total. The third kappa shape index (κ3) is 4.21. The van der Waals surface area contributed by atoms with Crippen molar-refractivity contribution in [2.75, 3.05) is 25.0 Å². The van der Waals surface area contributed by atoms with Crippen molar-refractivity contribution in [3.05, 3.63) is 58.7 Å². The van der Waals surface area contributed by atoms with E-state index < -0.39 is 10.0 Å². The molecule has 0 unspecified atom stereocenters. The van der Waals surface area contributed by atoms with Crippen LogP contribution in [-0.2, 0) is 14.8 Å². The van der Waals surface area contributed by atoms with Gasteiger partial charge in [0.25, 0.3) is 5.91 Å². The summed E-state index contributed by atoms with van der Waals surface area (Å²) >= 11 is 0. The number of para-hydroxylation sites is 1. The van der Waals surface area contributed by atoms with E-state index in [9.17, 15) is 13.2 Å². The minimum Gasteiger partial charge on any atom is -0.488 e. The van der Waals surface area contributed by atoms with Crippen LogP contribution >= 0.6 is 0 Å². The Bertz CT molecular complexity index is 1070. The van der Waals surface area contributed by atoms with Crippen molar-refractivity contribution in [2.45, 2.75) is 32.6 Å². The van der Waals surface area contributed by atoms with Crippen molar-refractivity contribution in [2.24, 2.45) is 0 Å². The van der Waals surface area contributed by atoms with Crippen LogP contribution in [0.1, 0.15) is 30.5 Å². The fraction of sp³-hybridized carbons (Fsp3) is 0.318. The van der Waals surface area contributed by atoms with Gasteiger partial charge in [0.2, 0.25) is 10.0 Å². The van der Waals surface area contributed by atoms with Crippen LogP contribution in [0.15, 0.2) is 46.9 Å². The number of amides is 1. The fourth-order valence-electron chi connectivity index (χ4n) is 3.27. The maximum Gasteiger partial charge on any atom is 0.255 e. The van der Waals surface area contributed by atoms with E-state index in [1.807, 2.05) is 38.1 Å². The van der Waals surface area contributed by atoms with Gasteiger partial charge in [-0.05, 0) is 49.2 Å². The number of anilines is 1. The molecule has 7 heteroatoms. The minimum absolute atomic E-state index is 0.165. The molecule has 1 amide bonds. The third-order valence-corrected chi connectivity index (χ3v) is 7.18. The third-order valence-electron chi connectivity index (χ3n) is 5.16. The molecule has 0 bridgehead atoms. The number of carbonyl (C=O) groups is 1. The zero-order valence-electron chi connectivity index (χ0n) is 17.2. The first-order valence-corrected chi connectivity index (χ1v) is 11.1. The summed E-state index contributed by atoms with van der Waals surface area (Å²) in [5, 5.41) is 2.87. The maximum atomic E-state index is 12.9. The molecular weight excluding hydrogens is 388 g/mol. The Balaban J connectivity index is 1.93. The molecule has 0 atom stereocenters. The van der Waals surface area contributed by atoms with Crippen LogP contribution in [0.3, 0.4) is 0 Å². The maximum absolute atomic E-state index is 12.9. The lowest BCUT2D eigenvalue weighted by molar-refractivity contribution is -0.113. The largest absolute Gasteiger partial charge is 0.488 e. The lowest BCUT2D eigenvalue weighted by Gasteiger charge is -2.21. The van der Waals surface area contributed by atoms with Gasteiger partial charge in [0.15, 0.2) is 0 Å². The second-order valence-electron chi connectivity index (χ2n) is 6.95. The second kappa shape index (κ2) is 8.39. The Labute approximate surface area is 172 Å². The quantitative estimate of drug-likeness (QED) is 0.781. The van der Waals surface area contributed by atoms with E-state index >= 15 is 0 Å². The van der Waals surface area contributed by atoms with Crippen LogP contribution in [0.2, 0.25) is 0 Å². The molecule has 1 N–H and O–H groups in total. The summed E-state index contributed by atoms with van der Waals surface area (Å²) in [5.74, 6) is 0.433. The van der Waals surface area contributed by atoms with Crippen LogP contribution in [-0.4, -0.2) is 38.3 Å². The first-order valence-electron chi connectivity index (χ1n) is 9.63. The zero-order chi connectivity index (χ0) is 21.2. The lowest BCUT2D eigenvalue weighted by Crippen LogP contribution is -2.31. The van der Waals surface area contributed by atoms with E-state index in [2.05, 4.69) is 5.32 Å². The first kappa shape index (κ1) is 21.1. The molecule has 29 heavy (non-hydrogen) atoms. The van der Waals surface area contributed by atoms with Gasteiger partial charge in [-0.2, -0.15) is 4.31 Å². The van der Waals surface area contributed by atoms with Crippen LogP contribution in [0.4, 0.5) is 5.69 Å². The van der Waals surface area contributed by atoms with E-state index in [1.165, 1.54) is 10.4 Å². The summed E-state index contributed by atoms with van der Waals surface area (Å²) < 4.78 is 32.9. The molecule has 0 aliphatic carbocycles. The molecule has 0 fully saturated rings. The van der Waals surface area contributed by atoms with Gasteiger partial charge in [-0.1, -0.05) is 32.0 Å². The first-order chi connectivity index (χ1) is 13.8. The van der Waals surface area contributed by atoms with Crippen molar-refractivity contribution < 1.29 is 17.9 Å². The number of aryl methyl sites for hydroxylation is 1. The van der Waals surface area contributed by atoms with Crippen molar-refractivity contribution >= 4 is 27.7 Å². The number of sulfonamides is 1. The molecule has 0 radical (unpaired) electrons. The van der Waals surface area contributed by atoms with Crippen LogP contribution in [0, 0.1) is 13.8 Å². The fourth-order valence-corrected chi connectivity index (χ4v) is 4.84. The summed E-state index contributed by atoms with van der Waals surface area (Å²) in [6.07, 6.45) is 1.80. The van der Waals surface area contributed by atoms with Crippen molar-refractivity contribution in [3.63, 3.8) is 0 Å². The predicted molar refractivity (Wildman–Crippen MR) is 115 cm³/mol. The molecule has 2 aromatic rings. The molecule has 3 rings (SSSR count). The monoisotopic (exact) mass is 414 g/mol. The smallest absolute Gasteiger partial charge is 0.255 e. The molecule has 0 spiro atoms. The highest BCUT2D eigenvalue weighted by atomic mass is 32.2. The Kier molecular flexibility index (Phi) is 6.10. The SMILES string of the molecule is CCN(CC)S(=O)(=O)c1cc(C)c(C)c(NC(=O)C2=Cc3ccccc3OC2)c1. The average Bonchev–Trinajstić information content (AvgIpc) is 2.71. The number of benzene rings is 2. The normalized spacial score (nSPS) is 13.5. The number of nitrogens with zero attached hydrogens (tertiary/aromatic N) is 1. The average molecular weight is 415 g/mol. The molecule has 1 aliphatic rings. The molecule has 1 aliphatic heterocycles. The van der Waals surface area contributed by atoms with Gasteiger partial charge in [-0.15, -0.1) is 0 Å². The topological polar surface area (TPSA) is 75.7 Å². The number of hydrogen-bond donors (Lipinski definition) is 1. The number of ether oxygens (including phenoxy) is 1. The summed E-state index contributed by atoms with van der Waals surface area (Å²) in [4.78, 5) is 13.0. The standard InChI is InChI=1S/C22H26N2O4S/c1-5-24(6-2)29(26,27)19-11-15(3)16(4)20(13-19)23-22(25)18-12-17-9-7-8-10-21(17)28-14-18/h7-13H,5-6,14H2,1-4H3,(H,23,25). The van der Waals surface area contributed by atoms with Crippen molar-refractivity contribution in [3.8, 4) is 5.75 Å². The van der Waals surface area contributed by atoms with Crippen LogP contribution < -0.4 is 10.1 Å². The molecule has 154 valence electrons. The number of fused-ring (bicyclic) bond motifs is 1. The number of hydrogen-bond acceptors (Lipinski definition) is 4. The van der Waals surface area contributed by atoms with Crippen LogP contribution in [0.5, 0.6) is 5.75 Å². The Morgan fingerprint density at radius 2 is 1.83 bits per heavy atom. The van der Waals surface area contributed by atoms with E-state index in [-0.39, 0.29) is 17.4 Å². The number of carbonyl (C=O) groups excluding carboxylic acids is 1. The summed E-state index contributed by atoms with van der Waals surface area (Å²) in [6.45, 7) is 8.24. The molecule has 0 saturated carbocycles. The molecule has 0 aromatic heterocycles. The van der Waals surface area contributed by atoms with Gasteiger partial charge < -0.3 is 10.1 Å². The minimum atomic E-state index is -3.62. The van der Waals surface area contributed by atoms with E-state index in [4.69, 9.17) is 4.74 Å². The number of nitrogens with one attached hydrogen (secondary N) is 1. The van der Waals surface area contributed by atoms with Gasteiger partial charge in [-0.25, -0.2) is 8.42 Å². The zero-order valence-corrected chi connectivity index (χ0v) is 18.0. The second-order valence-corrected chi connectivity index (χ2v) is 8.89. The van der Waals surface area contributed by atoms with Crippen molar-refractivity contribution in [1.29, 1.82) is 0 Å². The van der Waals surface area contributed by atoms with Gasteiger partial charge in [0.1, 0.15) is 12.4 Å². The molecule has 0 saturated heterocycles. The predicted octanol–water partition coefficient (Wildman–Crippen LogP) is 3.75. The highest BCUT2D eigenvalue weighted by Gasteiger charge is 2.24. The van der Waals surface area contributed by atoms with Gasteiger partial charge in [0, 0.05) is 24.3 Å². The van der Waals surface area contributed by atoms with Crippen molar-refractivity contribution in [1.82, 2.24) is 4.31 Å². The highest BCUT2D eigenvalue weighted by Crippen LogP contribution is 2.29. The van der Waals surface area contributed by atoms with E-state index in [0.717, 1.165) is 22.4 Å². The number of rotatable bonds is 6. The Morgan fingerprint density at radius 1 is 1.14 bits per heavy atom. The lowest BCUT2D eigenvalue weighted by atomic mass is 10.1. The van der Waals surface area contributed by atoms with E-state index in [0.29, 0.717) is 24.4 Å². The van der Waals surface area contributed by atoms with E-state index in [1.54, 1.807) is 26.0 Å². The molecule has 1 heterocycles. The highest BCUT2D eigenvalue weighted by molar-refractivity contribution is 7.89. The Hall–Kier alpha value is -2.64. The summed E-state index contributed by atoms with van der Waals surface area (Å²) in [5.41, 5.74) is 3.44. The summed E-state index contributed by atoms with van der Waals surface area (Å²) in [7, 11) is -3.62. The van der Waals surface area contributed by atoms with Gasteiger partial charge >= 0.3 is 0 Å². The summed E-state index contributed by atoms with van der Waals surface area (Å²) in [6, 6.07) is 10.7. The molecular formula is C22H26N2O4S. The van der Waals surface area contributed by atoms with Gasteiger partial charge in [0.05, 0.1) is 10.5 Å². The van der Waals surface area contributed by atoms with Crippen LogP contribution in [0.25, 0.3) is 6.08 Å². The van der Waals surface area contributed by atoms with Gasteiger partial charge in [-0.3, -0.25) is 4.79 Å². The molecule has 2 aromatic carbocycles. The Morgan fingerprint density at radius 3 is 2.52 bits per heavy atom.